The summed E-state index contributed by atoms with van der Waals surface area (Å²) in [6.07, 6.45) is 4.58. The van der Waals surface area contributed by atoms with E-state index in [0.717, 1.165) is 45.0 Å². The van der Waals surface area contributed by atoms with Crippen LogP contribution in [0.1, 0.15) is 39.5 Å². The molecule has 0 saturated heterocycles. The molecule has 5 nitrogen and oxygen atoms in total. The Balaban J connectivity index is 1.52. The Kier molecular flexibility index (Phi) is 6.21. The lowest BCUT2D eigenvalue weighted by Crippen LogP contribution is -2.23. The third kappa shape index (κ3) is 4.61. The maximum absolute atomic E-state index is 11.4. The largest absolute Gasteiger partial charge is 0.366 e. The van der Waals surface area contributed by atoms with Crippen molar-refractivity contribution < 1.29 is 4.79 Å². The van der Waals surface area contributed by atoms with Gasteiger partial charge in [-0.05, 0) is 57.3 Å². The van der Waals surface area contributed by atoms with Crippen LogP contribution in [0.3, 0.4) is 0 Å². The number of rotatable bonds is 7. The van der Waals surface area contributed by atoms with Crippen LogP contribution in [0.4, 0.5) is 0 Å². The number of nitrogens with zero attached hydrogens (tertiary/aromatic N) is 2. The topological polar surface area (TPSA) is 91.3 Å². The van der Waals surface area contributed by atoms with Crippen LogP contribution < -0.4 is 11.1 Å². The highest BCUT2D eigenvalue weighted by molar-refractivity contribution is 5.98. The van der Waals surface area contributed by atoms with E-state index in [2.05, 4.69) is 46.7 Å². The molecule has 1 unspecified atom stereocenters. The van der Waals surface area contributed by atoms with Crippen LogP contribution in [0.5, 0.6) is 0 Å². The average molecular weight is 457 g/mol. The standard InChI is InChI=1S/C30H24N4O/c31-17-24-13-12-23(16-28(24)27-7-3-5-21-4-1-2-6-26(21)27)29(25-14-15-33-19-25)34-18-20-8-10-22(11-9-20)30(32)35/h1-13,15-16,19,29,34H,14,18H2,(H2,32,35). The molecular weight excluding hydrogens is 432 g/mol. The second-order valence-corrected chi connectivity index (χ2v) is 8.56. The molecule has 0 spiro atoms. The highest BCUT2D eigenvalue weighted by atomic mass is 16.1. The molecule has 4 aromatic carbocycles. The predicted octanol–water partition coefficient (Wildman–Crippen LogP) is 5.67. The summed E-state index contributed by atoms with van der Waals surface area (Å²) >= 11 is 0. The molecular formula is C30H24N4O. The quantitative estimate of drug-likeness (QED) is 0.375. The Labute approximate surface area is 204 Å². The van der Waals surface area contributed by atoms with Gasteiger partial charge in [0.15, 0.2) is 0 Å². The second kappa shape index (κ2) is 9.76. The minimum atomic E-state index is -0.436. The van der Waals surface area contributed by atoms with Crippen molar-refractivity contribution in [3.8, 4) is 17.2 Å². The van der Waals surface area contributed by atoms with Crippen molar-refractivity contribution in [1.29, 1.82) is 5.26 Å². The molecule has 1 aliphatic rings. The number of primary amides is 1. The van der Waals surface area contributed by atoms with Gasteiger partial charge in [0, 0.05) is 36.5 Å². The molecule has 4 aromatic rings. The molecule has 5 heteroatoms. The molecule has 170 valence electrons. The smallest absolute Gasteiger partial charge is 0.248 e. The summed E-state index contributed by atoms with van der Waals surface area (Å²) in [7, 11) is 0. The molecule has 1 heterocycles. The molecule has 0 radical (unpaired) electrons. The third-order valence-corrected chi connectivity index (χ3v) is 6.37. The molecule has 1 atom stereocenters. The van der Waals surface area contributed by atoms with Gasteiger partial charge in [-0.1, -0.05) is 60.7 Å². The number of benzene rings is 4. The van der Waals surface area contributed by atoms with Crippen LogP contribution in [0.15, 0.2) is 102 Å². The second-order valence-electron chi connectivity index (χ2n) is 8.56. The van der Waals surface area contributed by atoms with Crippen molar-refractivity contribution in [3.05, 3.63) is 119 Å². The van der Waals surface area contributed by atoms with Crippen LogP contribution in [0.2, 0.25) is 0 Å². The fourth-order valence-electron chi connectivity index (χ4n) is 4.54. The van der Waals surface area contributed by atoms with Crippen LogP contribution in [0.25, 0.3) is 21.9 Å². The first-order chi connectivity index (χ1) is 17.1. The zero-order valence-corrected chi connectivity index (χ0v) is 19.1. The summed E-state index contributed by atoms with van der Waals surface area (Å²) in [5, 5.41) is 15.8. The monoisotopic (exact) mass is 456 g/mol. The van der Waals surface area contributed by atoms with Crippen molar-refractivity contribution in [1.82, 2.24) is 5.32 Å². The fraction of sp³-hybridized carbons (Fsp3) is 0.100. The molecule has 3 N–H and O–H groups in total. The highest BCUT2D eigenvalue weighted by Crippen LogP contribution is 2.35. The van der Waals surface area contributed by atoms with Crippen molar-refractivity contribution >= 4 is 22.9 Å². The normalized spacial score (nSPS) is 13.4. The van der Waals surface area contributed by atoms with Crippen LogP contribution in [-0.2, 0) is 6.54 Å². The van der Waals surface area contributed by atoms with Gasteiger partial charge in [0.1, 0.15) is 0 Å². The van der Waals surface area contributed by atoms with E-state index in [9.17, 15) is 10.1 Å². The van der Waals surface area contributed by atoms with Gasteiger partial charge in [-0.15, -0.1) is 0 Å². The summed E-state index contributed by atoms with van der Waals surface area (Å²) in [4.78, 5) is 15.7. The number of nitriles is 1. The molecule has 0 saturated carbocycles. The molecule has 5 rings (SSSR count). The Hall–Kier alpha value is -4.53. The third-order valence-electron chi connectivity index (χ3n) is 6.37. The lowest BCUT2D eigenvalue weighted by Gasteiger charge is -2.22. The van der Waals surface area contributed by atoms with Gasteiger partial charge in [0.2, 0.25) is 5.91 Å². The number of fused-ring (bicyclic) bond motifs is 1. The van der Waals surface area contributed by atoms with Gasteiger partial charge >= 0.3 is 0 Å². The van der Waals surface area contributed by atoms with Crippen molar-refractivity contribution in [2.45, 2.75) is 19.0 Å². The zero-order valence-electron chi connectivity index (χ0n) is 19.1. The van der Waals surface area contributed by atoms with Crippen molar-refractivity contribution in [2.24, 2.45) is 10.7 Å². The van der Waals surface area contributed by atoms with Gasteiger partial charge in [-0.2, -0.15) is 5.26 Å². The molecule has 0 aliphatic carbocycles. The average Bonchev–Trinajstić information content (AvgIpc) is 3.43. The van der Waals surface area contributed by atoms with Gasteiger partial charge in [0.25, 0.3) is 0 Å². The fourth-order valence-corrected chi connectivity index (χ4v) is 4.54. The molecule has 0 fully saturated rings. The first kappa shape index (κ1) is 22.3. The summed E-state index contributed by atoms with van der Waals surface area (Å²) in [6, 6.07) is 30.0. The van der Waals surface area contributed by atoms with E-state index < -0.39 is 5.91 Å². The van der Waals surface area contributed by atoms with Crippen molar-refractivity contribution in [2.75, 3.05) is 0 Å². The SMILES string of the molecule is N#Cc1ccc(C(NCc2ccc(C(N)=O)cc2)C2=CN=CC2)cc1-c1cccc2ccccc12. The number of hydrogen-bond acceptors (Lipinski definition) is 4. The van der Waals surface area contributed by atoms with Gasteiger partial charge in [0.05, 0.1) is 17.7 Å². The molecule has 35 heavy (non-hydrogen) atoms. The van der Waals surface area contributed by atoms with Gasteiger partial charge in [-0.25, -0.2) is 0 Å². The van der Waals surface area contributed by atoms with Gasteiger partial charge in [-0.3, -0.25) is 9.79 Å². The summed E-state index contributed by atoms with van der Waals surface area (Å²) in [6.45, 7) is 0.602. The molecule has 1 aliphatic heterocycles. The molecule has 1 amide bonds. The highest BCUT2D eigenvalue weighted by Gasteiger charge is 2.20. The Morgan fingerprint density at radius 1 is 1.00 bits per heavy atom. The van der Waals surface area contributed by atoms with Crippen LogP contribution in [0, 0.1) is 11.3 Å². The minimum Gasteiger partial charge on any atom is -0.366 e. The first-order valence-corrected chi connectivity index (χ1v) is 11.5. The number of amides is 1. The van der Waals surface area contributed by atoms with Gasteiger partial charge < -0.3 is 11.1 Å². The van der Waals surface area contributed by atoms with E-state index in [4.69, 9.17) is 5.73 Å². The van der Waals surface area contributed by atoms with E-state index in [1.165, 1.54) is 0 Å². The summed E-state index contributed by atoms with van der Waals surface area (Å²) in [5.41, 5.74) is 11.7. The number of nitrogens with two attached hydrogens (primary N) is 1. The molecule has 0 aromatic heterocycles. The molecule has 0 bridgehead atoms. The van der Waals surface area contributed by atoms with E-state index in [-0.39, 0.29) is 6.04 Å². The lowest BCUT2D eigenvalue weighted by molar-refractivity contribution is 0.100. The minimum absolute atomic E-state index is 0.0743. The van der Waals surface area contributed by atoms with E-state index >= 15 is 0 Å². The van der Waals surface area contributed by atoms with Crippen molar-refractivity contribution in [3.63, 3.8) is 0 Å². The number of carbonyl (C=O) groups excluding carboxylic acids is 1. The predicted molar refractivity (Wildman–Crippen MR) is 140 cm³/mol. The number of carbonyl (C=O) groups is 1. The van der Waals surface area contributed by atoms with Crippen LogP contribution in [-0.4, -0.2) is 12.1 Å². The maximum atomic E-state index is 11.4. The van der Waals surface area contributed by atoms with Crippen LogP contribution >= 0.6 is 0 Å². The summed E-state index contributed by atoms with van der Waals surface area (Å²) in [5.74, 6) is -0.436. The zero-order chi connectivity index (χ0) is 24.2. The Morgan fingerprint density at radius 3 is 2.54 bits per heavy atom. The van der Waals surface area contributed by atoms with E-state index in [1.54, 1.807) is 12.1 Å². The first-order valence-electron chi connectivity index (χ1n) is 11.5. The maximum Gasteiger partial charge on any atom is 0.248 e. The number of aliphatic imine (C=N–C) groups is 1. The van der Waals surface area contributed by atoms with E-state index in [0.29, 0.717) is 17.7 Å². The van der Waals surface area contributed by atoms with E-state index in [1.807, 2.05) is 54.9 Å². The Morgan fingerprint density at radius 2 is 1.80 bits per heavy atom. The lowest BCUT2D eigenvalue weighted by atomic mass is 9.90. The summed E-state index contributed by atoms with van der Waals surface area (Å²) < 4.78 is 0. The number of nitrogens with one attached hydrogen (secondary N) is 1. The number of hydrogen-bond donors (Lipinski definition) is 2. The Bertz CT molecular complexity index is 1500.